The molecule has 2 aromatic rings. The number of aromatic nitrogens is 1. The van der Waals surface area contributed by atoms with E-state index in [0.29, 0.717) is 6.54 Å². The number of benzene rings is 1. The van der Waals surface area contributed by atoms with Crippen molar-refractivity contribution in [3.05, 3.63) is 58.3 Å². The van der Waals surface area contributed by atoms with E-state index in [1.165, 1.54) is 10.6 Å². The van der Waals surface area contributed by atoms with Crippen LogP contribution in [0.1, 0.15) is 16.1 Å². The lowest BCUT2D eigenvalue weighted by Crippen LogP contribution is -2.28. The van der Waals surface area contributed by atoms with E-state index < -0.39 is 5.97 Å². The van der Waals surface area contributed by atoms with Crippen molar-refractivity contribution in [2.45, 2.75) is 13.1 Å². The molecule has 0 aliphatic carbocycles. The average molecular weight is 337 g/mol. The zero-order valence-corrected chi connectivity index (χ0v) is 12.1. The summed E-state index contributed by atoms with van der Waals surface area (Å²) >= 11 is 3.34. The fourth-order valence-corrected chi connectivity index (χ4v) is 2.02. The van der Waals surface area contributed by atoms with Crippen LogP contribution in [0.25, 0.3) is 0 Å². The van der Waals surface area contributed by atoms with E-state index in [9.17, 15) is 9.59 Å². The number of carboxylic acids is 1. The number of nitrogens with zero attached hydrogens (tertiary/aromatic N) is 1. The third-order valence-electron chi connectivity index (χ3n) is 2.77. The van der Waals surface area contributed by atoms with Crippen molar-refractivity contribution < 1.29 is 14.7 Å². The van der Waals surface area contributed by atoms with E-state index >= 15 is 0 Å². The summed E-state index contributed by atoms with van der Waals surface area (Å²) in [6.07, 6.45) is 1.57. The Morgan fingerprint density at radius 3 is 2.55 bits per heavy atom. The Morgan fingerprint density at radius 2 is 1.90 bits per heavy atom. The van der Waals surface area contributed by atoms with Gasteiger partial charge in [-0.05, 0) is 29.8 Å². The van der Waals surface area contributed by atoms with E-state index in [0.717, 1.165) is 10.0 Å². The highest BCUT2D eigenvalue weighted by molar-refractivity contribution is 9.10. The minimum absolute atomic E-state index is 0.00877. The van der Waals surface area contributed by atoms with Gasteiger partial charge in [0.25, 0.3) is 0 Å². The van der Waals surface area contributed by atoms with Crippen LogP contribution in [0.5, 0.6) is 0 Å². The van der Waals surface area contributed by atoms with Crippen molar-refractivity contribution >= 4 is 27.8 Å². The molecule has 0 spiro atoms. The number of carboxylic acid groups (broad SMARTS) is 1. The lowest BCUT2D eigenvalue weighted by Gasteiger charge is -2.08. The molecular formula is C14H13BrN2O3. The largest absolute Gasteiger partial charge is 0.477 e. The second-order valence-electron chi connectivity index (χ2n) is 4.23. The predicted molar refractivity (Wildman–Crippen MR) is 77.4 cm³/mol. The van der Waals surface area contributed by atoms with Crippen molar-refractivity contribution in [3.8, 4) is 0 Å². The van der Waals surface area contributed by atoms with Gasteiger partial charge in [-0.2, -0.15) is 0 Å². The van der Waals surface area contributed by atoms with Gasteiger partial charge < -0.3 is 15.0 Å². The Morgan fingerprint density at radius 1 is 1.20 bits per heavy atom. The van der Waals surface area contributed by atoms with Crippen LogP contribution in [-0.2, 0) is 17.9 Å². The molecule has 5 nitrogen and oxygen atoms in total. The third kappa shape index (κ3) is 3.71. The van der Waals surface area contributed by atoms with Gasteiger partial charge in [0.15, 0.2) is 0 Å². The molecule has 0 fully saturated rings. The highest BCUT2D eigenvalue weighted by atomic mass is 79.9. The van der Waals surface area contributed by atoms with Crippen LogP contribution in [0, 0.1) is 0 Å². The van der Waals surface area contributed by atoms with Gasteiger partial charge in [-0.25, -0.2) is 4.79 Å². The number of aromatic carboxylic acids is 1. The van der Waals surface area contributed by atoms with Crippen LogP contribution in [0.3, 0.4) is 0 Å². The van der Waals surface area contributed by atoms with Crippen LogP contribution in [0.2, 0.25) is 0 Å². The number of amides is 1. The molecule has 1 aromatic carbocycles. The molecule has 0 saturated heterocycles. The molecular weight excluding hydrogens is 324 g/mol. The van der Waals surface area contributed by atoms with Gasteiger partial charge in [0, 0.05) is 17.2 Å². The number of hydrogen-bond acceptors (Lipinski definition) is 2. The van der Waals surface area contributed by atoms with E-state index in [-0.39, 0.29) is 18.1 Å². The maximum absolute atomic E-state index is 11.8. The molecule has 0 saturated carbocycles. The standard InChI is InChI=1S/C14H13BrN2O3/c15-11-5-3-10(4-6-11)8-16-13(18)9-17-7-1-2-12(17)14(19)20/h1-7H,8-9H2,(H,16,18)(H,19,20). The summed E-state index contributed by atoms with van der Waals surface area (Å²) in [5, 5.41) is 11.7. The minimum atomic E-state index is -1.05. The summed E-state index contributed by atoms with van der Waals surface area (Å²) in [4.78, 5) is 22.7. The number of nitrogens with one attached hydrogen (secondary N) is 1. The van der Waals surface area contributed by atoms with Crippen molar-refractivity contribution in [1.29, 1.82) is 0 Å². The monoisotopic (exact) mass is 336 g/mol. The van der Waals surface area contributed by atoms with Crippen LogP contribution >= 0.6 is 15.9 Å². The first-order valence-electron chi connectivity index (χ1n) is 5.96. The molecule has 0 aliphatic heterocycles. The van der Waals surface area contributed by atoms with E-state index in [4.69, 9.17) is 5.11 Å². The first-order chi connectivity index (χ1) is 9.56. The summed E-state index contributed by atoms with van der Waals surface area (Å²) in [6, 6.07) is 10.7. The maximum atomic E-state index is 11.8. The Bertz CT molecular complexity index is 620. The van der Waals surface area contributed by atoms with Crippen LogP contribution in [0.15, 0.2) is 47.1 Å². The fourth-order valence-electron chi connectivity index (χ4n) is 1.76. The van der Waals surface area contributed by atoms with E-state index in [2.05, 4.69) is 21.2 Å². The Kier molecular flexibility index (Phi) is 4.57. The predicted octanol–water partition coefficient (Wildman–Crippen LogP) is 2.27. The van der Waals surface area contributed by atoms with Gasteiger partial charge in [0.05, 0.1) is 0 Å². The quantitative estimate of drug-likeness (QED) is 0.879. The Hall–Kier alpha value is -2.08. The lowest BCUT2D eigenvalue weighted by atomic mass is 10.2. The van der Waals surface area contributed by atoms with Gasteiger partial charge in [-0.1, -0.05) is 28.1 Å². The highest BCUT2D eigenvalue weighted by Gasteiger charge is 2.11. The molecule has 0 atom stereocenters. The van der Waals surface area contributed by atoms with Gasteiger partial charge >= 0.3 is 5.97 Å². The average Bonchev–Trinajstić information content (AvgIpc) is 2.86. The molecule has 1 amide bonds. The van der Waals surface area contributed by atoms with Crippen molar-refractivity contribution in [2.75, 3.05) is 0 Å². The topological polar surface area (TPSA) is 71.3 Å². The summed E-state index contributed by atoms with van der Waals surface area (Å²) < 4.78 is 2.38. The van der Waals surface area contributed by atoms with Crippen molar-refractivity contribution in [1.82, 2.24) is 9.88 Å². The van der Waals surface area contributed by atoms with E-state index in [1.807, 2.05) is 24.3 Å². The molecule has 20 heavy (non-hydrogen) atoms. The fraction of sp³-hybridized carbons (Fsp3) is 0.143. The molecule has 0 bridgehead atoms. The SMILES string of the molecule is O=C(Cn1cccc1C(=O)O)NCc1ccc(Br)cc1. The Balaban J connectivity index is 1.91. The van der Waals surface area contributed by atoms with Crippen molar-refractivity contribution in [2.24, 2.45) is 0 Å². The van der Waals surface area contributed by atoms with Gasteiger partial charge in [0.1, 0.15) is 12.2 Å². The van der Waals surface area contributed by atoms with Gasteiger partial charge in [0.2, 0.25) is 5.91 Å². The summed E-state index contributed by atoms with van der Waals surface area (Å²) in [5.74, 6) is -1.28. The van der Waals surface area contributed by atoms with Crippen LogP contribution < -0.4 is 5.32 Å². The molecule has 1 aromatic heterocycles. The smallest absolute Gasteiger partial charge is 0.352 e. The number of carbonyl (C=O) groups is 2. The first-order valence-corrected chi connectivity index (χ1v) is 6.75. The number of rotatable bonds is 5. The van der Waals surface area contributed by atoms with Crippen LogP contribution in [-0.4, -0.2) is 21.6 Å². The zero-order valence-electron chi connectivity index (χ0n) is 10.5. The number of hydrogen-bond donors (Lipinski definition) is 2. The molecule has 0 unspecified atom stereocenters. The lowest BCUT2D eigenvalue weighted by molar-refractivity contribution is -0.121. The normalized spacial score (nSPS) is 10.2. The molecule has 6 heteroatoms. The minimum Gasteiger partial charge on any atom is -0.477 e. The second kappa shape index (κ2) is 6.38. The van der Waals surface area contributed by atoms with E-state index in [1.54, 1.807) is 12.3 Å². The zero-order chi connectivity index (χ0) is 14.5. The van der Waals surface area contributed by atoms with Gasteiger partial charge in [-0.15, -0.1) is 0 Å². The molecule has 0 radical (unpaired) electrons. The summed E-state index contributed by atoms with van der Waals surface area (Å²) in [5.41, 5.74) is 1.08. The molecule has 2 rings (SSSR count). The van der Waals surface area contributed by atoms with Crippen LogP contribution in [0.4, 0.5) is 0 Å². The second-order valence-corrected chi connectivity index (χ2v) is 5.15. The van der Waals surface area contributed by atoms with Gasteiger partial charge in [-0.3, -0.25) is 4.79 Å². The number of halogens is 1. The third-order valence-corrected chi connectivity index (χ3v) is 3.29. The molecule has 104 valence electrons. The molecule has 1 heterocycles. The van der Waals surface area contributed by atoms with Crippen molar-refractivity contribution in [3.63, 3.8) is 0 Å². The highest BCUT2D eigenvalue weighted by Crippen LogP contribution is 2.10. The molecule has 0 aliphatic rings. The number of carbonyl (C=O) groups excluding carboxylic acids is 1. The molecule has 2 N–H and O–H groups in total. The summed E-state index contributed by atoms with van der Waals surface area (Å²) in [6.45, 7) is 0.404. The Labute approximate surface area is 124 Å². The maximum Gasteiger partial charge on any atom is 0.352 e. The first kappa shape index (κ1) is 14.3. The summed E-state index contributed by atoms with van der Waals surface area (Å²) in [7, 11) is 0.